The number of H-pyrrole nitrogens is 5. The Hall–Kier alpha value is -6.18. The number of nitrogens with zero attached hydrogens (tertiary/aromatic N) is 15. The smallest absolute Gasteiger partial charge is 0.242 e. The first kappa shape index (κ1) is 37.6. The van der Waals surface area contributed by atoms with Gasteiger partial charge in [-0.2, -0.15) is 26.1 Å². The largest absolute Gasteiger partial charge is 0.497 e. The summed E-state index contributed by atoms with van der Waals surface area (Å²) in [6.07, 6.45) is 1.89. The Kier molecular flexibility index (Phi) is 15.0. The second-order valence-electron chi connectivity index (χ2n) is 9.01. The maximum absolute atomic E-state index is 5.04. The lowest BCUT2D eigenvalue weighted by Gasteiger charge is -2.02. The zero-order valence-electron chi connectivity index (χ0n) is 26.8. The minimum absolute atomic E-state index is 0.398. The van der Waals surface area contributed by atoms with Crippen molar-refractivity contribution in [3.63, 3.8) is 0 Å². The second-order valence-corrected chi connectivity index (χ2v) is 10.9. The highest BCUT2D eigenvalue weighted by molar-refractivity contribution is 7.98. The Morgan fingerprint density at radius 1 is 0.588 bits per heavy atom. The highest BCUT2D eigenvalue weighted by Crippen LogP contribution is 2.13. The molecule has 0 atom stereocenters. The molecule has 8 aromatic rings. The molecule has 0 aliphatic carbocycles. The first-order chi connectivity index (χ1) is 24.9. The van der Waals surface area contributed by atoms with Crippen LogP contribution in [-0.2, 0) is 7.05 Å². The lowest BCUT2D eigenvalue weighted by molar-refractivity contribution is 0.414. The van der Waals surface area contributed by atoms with Crippen molar-refractivity contribution < 1.29 is 4.74 Å². The second kappa shape index (κ2) is 20.4. The van der Waals surface area contributed by atoms with Crippen molar-refractivity contribution >= 4 is 48.4 Å². The van der Waals surface area contributed by atoms with Gasteiger partial charge in [0.05, 0.1) is 18.5 Å². The molecular formula is C26H28N20OS4. The van der Waals surface area contributed by atoms with Crippen molar-refractivity contribution in [1.29, 1.82) is 0 Å². The fourth-order valence-corrected chi connectivity index (χ4v) is 4.10. The minimum atomic E-state index is 0.398. The maximum Gasteiger partial charge on any atom is 0.242 e. The maximum atomic E-state index is 5.04. The molecule has 0 saturated carbocycles. The van der Waals surface area contributed by atoms with E-state index in [1.807, 2.05) is 91.2 Å². The molecule has 0 unspecified atom stereocenters. The summed E-state index contributed by atoms with van der Waals surface area (Å²) in [7, 11) is 3.38. The average molecular weight is 765 g/mol. The summed E-state index contributed by atoms with van der Waals surface area (Å²) >= 11 is 16.0. The van der Waals surface area contributed by atoms with Crippen LogP contribution >= 0.6 is 48.4 Å². The number of methoxy groups -OCH3 is 1. The van der Waals surface area contributed by atoms with Crippen LogP contribution in [0.4, 0.5) is 0 Å². The number of aryl methyl sites for hydroxylation is 1. The van der Waals surface area contributed by atoms with Crippen molar-refractivity contribution in [2.45, 2.75) is 5.16 Å². The van der Waals surface area contributed by atoms with E-state index in [2.05, 4.69) is 100 Å². The Bertz CT molecular complexity index is 2260. The van der Waals surface area contributed by atoms with Crippen LogP contribution in [0.25, 0.3) is 22.8 Å². The van der Waals surface area contributed by atoms with Crippen molar-refractivity contribution in [2.24, 2.45) is 7.05 Å². The van der Waals surface area contributed by atoms with E-state index in [1.165, 1.54) is 11.8 Å². The van der Waals surface area contributed by atoms with Gasteiger partial charge in [0.2, 0.25) is 25.3 Å². The highest BCUT2D eigenvalue weighted by Gasteiger charge is 2.00. The molecule has 0 radical (unpaired) electrons. The lowest BCUT2D eigenvalue weighted by Crippen LogP contribution is -1.96. The lowest BCUT2D eigenvalue weighted by atomic mass is 10.2. The molecule has 51 heavy (non-hydrogen) atoms. The summed E-state index contributed by atoms with van der Waals surface area (Å²) in [4.78, 5) is 0. The van der Waals surface area contributed by atoms with Gasteiger partial charge < -0.3 is 4.74 Å². The van der Waals surface area contributed by atoms with Gasteiger partial charge in [0, 0.05) is 12.6 Å². The van der Waals surface area contributed by atoms with Crippen LogP contribution in [0.1, 0.15) is 0 Å². The van der Waals surface area contributed by atoms with Crippen molar-refractivity contribution in [3.8, 4) is 28.5 Å². The fraction of sp³-hybridized carbons (Fsp3) is 0.115. The number of hydrogen-bond donors (Lipinski definition) is 5. The van der Waals surface area contributed by atoms with E-state index >= 15 is 0 Å². The van der Waals surface area contributed by atoms with Crippen molar-refractivity contribution in [2.75, 3.05) is 13.4 Å². The standard InChI is InChI=1S/C8H8N4OS.C7H6N4S.C7H6N4.2C2H4N4S/c1-13-7-4-2-6(3-5-7)12-8(14)9-10-11-12;12-7-8-9-10-11(7)6-4-2-1-3-5-6;1-2-4-6(5-3-1)7-8-10-11-9-7;1-6-2(7)3-4-5-6;1-7-2-3-5-6-4-2/h2-5H,1H3,(H,9,11,14);1-5H,(H,8,10,12);1-5H,(H,8,9,10,11);1H3,(H,3,5,7);1H3,(H,3,4,5,6). The van der Waals surface area contributed by atoms with E-state index in [9.17, 15) is 0 Å². The topological polar surface area (TPSA) is 258 Å². The van der Waals surface area contributed by atoms with E-state index in [0.29, 0.717) is 25.3 Å². The first-order valence-electron chi connectivity index (χ1n) is 14.1. The number of para-hydroxylation sites is 1. The molecule has 5 aromatic heterocycles. The Morgan fingerprint density at radius 2 is 1.12 bits per heavy atom. The molecule has 262 valence electrons. The molecular weight excluding hydrogens is 737 g/mol. The van der Waals surface area contributed by atoms with Crippen molar-refractivity contribution in [1.82, 2.24) is 102 Å². The highest BCUT2D eigenvalue weighted by atomic mass is 32.2. The van der Waals surface area contributed by atoms with Gasteiger partial charge in [0.1, 0.15) is 5.75 Å². The fourth-order valence-electron chi connectivity index (χ4n) is 3.39. The van der Waals surface area contributed by atoms with Gasteiger partial charge in [-0.1, -0.05) is 91.2 Å². The third kappa shape index (κ3) is 12.0. The van der Waals surface area contributed by atoms with Crippen LogP contribution in [-0.4, -0.2) is 115 Å². The van der Waals surface area contributed by atoms with E-state index in [1.54, 1.807) is 28.2 Å². The number of aromatic nitrogens is 20. The van der Waals surface area contributed by atoms with Gasteiger partial charge in [-0.05, 0) is 89.7 Å². The summed E-state index contributed by atoms with van der Waals surface area (Å²) in [6.45, 7) is 0. The Balaban J connectivity index is 0.000000147. The number of aromatic amines is 5. The van der Waals surface area contributed by atoms with Crippen LogP contribution in [0.15, 0.2) is 90.1 Å². The van der Waals surface area contributed by atoms with Crippen LogP contribution in [0.2, 0.25) is 0 Å². The molecule has 0 bridgehead atoms. The van der Waals surface area contributed by atoms with Gasteiger partial charge >= 0.3 is 0 Å². The minimum Gasteiger partial charge on any atom is -0.497 e. The van der Waals surface area contributed by atoms with Crippen molar-refractivity contribution in [3.05, 3.63) is 99.2 Å². The normalized spacial score (nSPS) is 9.78. The summed E-state index contributed by atoms with van der Waals surface area (Å²) in [5.74, 6) is 1.43. The Morgan fingerprint density at radius 3 is 1.51 bits per heavy atom. The molecule has 5 heterocycles. The number of benzene rings is 3. The summed E-state index contributed by atoms with van der Waals surface area (Å²) in [5.41, 5.74) is 2.79. The molecule has 0 spiro atoms. The Labute approximate surface area is 307 Å². The molecule has 0 aliphatic rings. The van der Waals surface area contributed by atoms with Crippen LogP contribution in [0, 0.1) is 14.3 Å². The average Bonchev–Trinajstić information content (AvgIpc) is 4.04. The van der Waals surface area contributed by atoms with E-state index in [0.717, 1.165) is 22.7 Å². The van der Waals surface area contributed by atoms with Gasteiger partial charge in [0.25, 0.3) is 0 Å². The predicted molar refractivity (Wildman–Crippen MR) is 191 cm³/mol. The first-order valence-corrected chi connectivity index (χ1v) is 16.5. The zero-order chi connectivity index (χ0) is 36.3. The van der Waals surface area contributed by atoms with Gasteiger partial charge in [-0.3, -0.25) is 0 Å². The number of rotatable bonds is 5. The van der Waals surface area contributed by atoms with Gasteiger partial charge in [0.15, 0.2) is 0 Å². The monoisotopic (exact) mass is 764 g/mol. The van der Waals surface area contributed by atoms with E-state index in [4.69, 9.17) is 29.2 Å². The molecule has 21 nitrogen and oxygen atoms in total. The number of ether oxygens (including phenoxy) is 1. The number of hydrogen-bond acceptors (Lipinski definition) is 17. The molecule has 25 heteroatoms. The number of tetrazole rings is 5. The summed E-state index contributed by atoms with van der Waals surface area (Å²) in [5, 5.41) is 56.5. The van der Waals surface area contributed by atoms with Crippen LogP contribution in [0.3, 0.4) is 0 Å². The molecule has 3 aromatic carbocycles. The zero-order valence-corrected chi connectivity index (χ0v) is 30.1. The molecule has 0 saturated heterocycles. The molecule has 0 aliphatic heterocycles. The molecule has 5 N–H and O–H groups in total. The third-order valence-corrected chi connectivity index (χ3v) is 7.21. The third-order valence-electron chi connectivity index (χ3n) is 5.79. The molecule has 0 fully saturated rings. The quantitative estimate of drug-likeness (QED) is 0.124. The van der Waals surface area contributed by atoms with Gasteiger partial charge in [-0.15, -0.1) is 20.4 Å². The predicted octanol–water partition coefficient (Wildman–Crippen LogP) is 3.32. The summed E-state index contributed by atoms with van der Waals surface area (Å²) in [6, 6.07) is 26.8. The SMILES string of the molecule is COc1ccc(-n2[nH]nnc2=S)cc1.CSc1nn[nH]n1.Cn1[nH]nnc1=S.S=c1nn[nH]n1-c1ccccc1.c1ccc(-c2nn[nH]n2)cc1. The number of nitrogens with one attached hydrogen (secondary N) is 5. The van der Waals surface area contributed by atoms with Gasteiger partial charge in [-0.25, -0.2) is 14.0 Å². The van der Waals surface area contributed by atoms with Crippen LogP contribution in [0.5, 0.6) is 5.75 Å². The molecule has 0 amide bonds. The summed E-state index contributed by atoms with van der Waals surface area (Å²) < 4.78 is 11.1. The van der Waals surface area contributed by atoms with E-state index in [-0.39, 0.29) is 0 Å². The van der Waals surface area contributed by atoms with Crippen LogP contribution < -0.4 is 4.74 Å². The number of thioether (sulfide) groups is 1. The molecule has 8 rings (SSSR count). The van der Waals surface area contributed by atoms with E-state index < -0.39 is 0 Å².